The van der Waals surface area contributed by atoms with Crippen LogP contribution in [-0.4, -0.2) is 43.0 Å². The van der Waals surface area contributed by atoms with Crippen molar-refractivity contribution in [1.29, 1.82) is 0 Å². The van der Waals surface area contributed by atoms with Crippen LogP contribution in [0.25, 0.3) is 0 Å². The van der Waals surface area contributed by atoms with Crippen LogP contribution in [-0.2, 0) is 26.6 Å². The van der Waals surface area contributed by atoms with E-state index >= 15 is 0 Å². The van der Waals surface area contributed by atoms with E-state index in [-0.39, 0.29) is 11.6 Å². The molecule has 1 atom stereocenters. The van der Waals surface area contributed by atoms with E-state index in [2.05, 4.69) is 14.4 Å². The van der Waals surface area contributed by atoms with E-state index in [1.54, 1.807) is 18.5 Å². The number of esters is 1. The molecule has 0 saturated carbocycles. The summed E-state index contributed by atoms with van der Waals surface area (Å²) in [6, 6.07) is 0. The van der Waals surface area contributed by atoms with E-state index in [1.807, 2.05) is 0 Å². The van der Waals surface area contributed by atoms with Crippen LogP contribution in [0.2, 0.25) is 0 Å². The van der Waals surface area contributed by atoms with Crippen molar-refractivity contribution in [2.45, 2.75) is 17.3 Å². The van der Waals surface area contributed by atoms with Gasteiger partial charge >= 0.3 is 5.97 Å². The van der Waals surface area contributed by atoms with E-state index in [1.165, 1.54) is 13.3 Å². The second-order valence-electron chi connectivity index (χ2n) is 3.58. The number of carbonyl (C=O) groups is 1. The first kappa shape index (κ1) is 14.9. The number of aryl methyl sites for hydroxylation is 2. The molecule has 9 heteroatoms. The third-order valence-electron chi connectivity index (χ3n) is 2.27. The van der Waals surface area contributed by atoms with E-state index in [4.69, 9.17) is 11.6 Å². The number of methoxy groups -OCH3 is 1. The molecule has 0 radical (unpaired) electrons. The maximum absolute atomic E-state index is 11.8. The van der Waals surface area contributed by atoms with Gasteiger partial charge in [-0.3, -0.25) is 4.79 Å². The normalized spacial score (nSPS) is 13.3. The van der Waals surface area contributed by atoms with Crippen LogP contribution in [0.15, 0.2) is 11.2 Å². The Labute approximate surface area is 110 Å². The summed E-state index contributed by atoms with van der Waals surface area (Å²) >= 11 is 5.63. The maximum Gasteiger partial charge on any atom is 0.325 e. The number of sulfonamides is 1. The van der Waals surface area contributed by atoms with Crippen molar-refractivity contribution in [3.05, 3.63) is 12.0 Å². The van der Waals surface area contributed by atoms with Crippen LogP contribution in [0.5, 0.6) is 0 Å². The fourth-order valence-corrected chi connectivity index (χ4v) is 2.46. The number of hydrogen-bond donors (Lipinski definition) is 1. The molecule has 7 nitrogen and oxygen atoms in total. The Morgan fingerprint density at radius 1 is 1.67 bits per heavy atom. The first-order chi connectivity index (χ1) is 8.27. The molecule has 1 aromatic rings. The number of hydrogen-bond acceptors (Lipinski definition) is 5. The van der Waals surface area contributed by atoms with Crippen LogP contribution < -0.4 is 4.72 Å². The second kappa shape index (κ2) is 5.68. The van der Waals surface area contributed by atoms with Crippen molar-refractivity contribution in [1.82, 2.24) is 14.3 Å². The first-order valence-electron chi connectivity index (χ1n) is 4.99. The molecule has 0 aliphatic rings. The molecule has 0 bridgehead atoms. The quantitative estimate of drug-likeness (QED) is 0.599. The summed E-state index contributed by atoms with van der Waals surface area (Å²) in [5.74, 6) is -0.137. The minimum absolute atomic E-state index is 0.115. The van der Waals surface area contributed by atoms with Gasteiger partial charge in [0, 0.05) is 19.8 Å². The summed E-state index contributed by atoms with van der Waals surface area (Å²) in [5, 5.41) is -1.19. The Kier molecular flexibility index (Phi) is 4.71. The standard InChI is InChI=1S/C9H14ClN3O4S/c1-6-12-8(5-13(6)2)18(15,16)11-4-7(10)9(14)17-3/h5,7,11H,4H2,1-3H3. The zero-order valence-corrected chi connectivity index (χ0v) is 11.7. The molecule has 1 rings (SSSR count). The van der Waals surface area contributed by atoms with Gasteiger partial charge < -0.3 is 9.30 Å². The van der Waals surface area contributed by atoms with Crippen molar-refractivity contribution >= 4 is 27.6 Å². The number of ether oxygens (including phenoxy) is 1. The molecular formula is C9H14ClN3O4S. The van der Waals surface area contributed by atoms with Crippen molar-refractivity contribution in [3.8, 4) is 0 Å². The molecule has 1 unspecified atom stereocenters. The highest BCUT2D eigenvalue weighted by Crippen LogP contribution is 2.08. The van der Waals surface area contributed by atoms with Crippen molar-refractivity contribution in [2.75, 3.05) is 13.7 Å². The lowest BCUT2D eigenvalue weighted by molar-refractivity contribution is -0.140. The molecule has 0 amide bonds. The summed E-state index contributed by atoms with van der Waals surface area (Å²) in [4.78, 5) is 14.9. The van der Waals surface area contributed by atoms with E-state index in [0.29, 0.717) is 5.82 Å². The lowest BCUT2D eigenvalue weighted by atomic mass is 10.4. The Morgan fingerprint density at radius 3 is 2.72 bits per heavy atom. The molecule has 102 valence electrons. The lowest BCUT2D eigenvalue weighted by Crippen LogP contribution is -2.34. The molecule has 1 heterocycles. The van der Waals surface area contributed by atoms with Gasteiger partial charge in [0.15, 0.2) is 5.03 Å². The Bertz CT molecular complexity index is 521. The van der Waals surface area contributed by atoms with Crippen molar-refractivity contribution in [2.24, 2.45) is 7.05 Å². The molecule has 1 N–H and O–H groups in total. The first-order valence-corrected chi connectivity index (χ1v) is 6.91. The van der Waals surface area contributed by atoms with Gasteiger partial charge in [0.05, 0.1) is 7.11 Å². The molecule has 0 spiro atoms. The molecule has 1 aromatic heterocycles. The van der Waals surface area contributed by atoms with Crippen LogP contribution in [0.1, 0.15) is 5.82 Å². The predicted molar refractivity (Wildman–Crippen MR) is 64.8 cm³/mol. The average Bonchev–Trinajstić information content (AvgIpc) is 2.66. The Morgan fingerprint density at radius 2 is 2.28 bits per heavy atom. The number of alkyl halides is 1. The topological polar surface area (TPSA) is 90.3 Å². The van der Waals surface area contributed by atoms with Crippen molar-refractivity contribution in [3.63, 3.8) is 0 Å². The Hall–Kier alpha value is -1.12. The smallest absolute Gasteiger partial charge is 0.325 e. The second-order valence-corrected chi connectivity index (χ2v) is 5.82. The maximum atomic E-state index is 11.8. The fraction of sp³-hybridized carbons (Fsp3) is 0.556. The molecule has 0 aliphatic heterocycles. The molecule has 0 saturated heterocycles. The van der Waals surface area contributed by atoms with Crippen molar-refractivity contribution < 1.29 is 17.9 Å². The lowest BCUT2D eigenvalue weighted by Gasteiger charge is -2.08. The summed E-state index contributed by atoms with van der Waals surface area (Å²) in [5.41, 5.74) is 0. The third-order valence-corrected chi connectivity index (χ3v) is 3.90. The molecule has 0 fully saturated rings. The summed E-state index contributed by atoms with van der Waals surface area (Å²) in [6.07, 6.45) is 1.37. The van der Waals surface area contributed by atoms with Gasteiger partial charge in [0.2, 0.25) is 0 Å². The fourth-order valence-electron chi connectivity index (χ4n) is 1.12. The highest BCUT2D eigenvalue weighted by molar-refractivity contribution is 7.89. The zero-order valence-electron chi connectivity index (χ0n) is 10.2. The number of imidazole rings is 1. The number of nitrogens with zero attached hydrogens (tertiary/aromatic N) is 2. The number of carbonyl (C=O) groups excluding carboxylic acids is 1. The SMILES string of the molecule is COC(=O)C(Cl)CNS(=O)(=O)c1cn(C)c(C)n1. The van der Waals surface area contributed by atoms with Crippen LogP contribution in [0, 0.1) is 6.92 Å². The van der Waals surface area contributed by atoms with E-state index in [0.717, 1.165) is 0 Å². The average molecular weight is 296 g/mol. The summed E-state index contributed by atoms with van der Waals surface area (Å²) in [7, 11) is -0.917. The van der Waals surface area contributed by atoms with Crippen LogP contribution >= 0.6 is 11.6 Å². The highest BCUT2D eigenvalue weighted by Gasteiger charge is 2.22. The van der Waals surface area contributed by atoms with Crippen LogP contribution in [0.3, 0.4) is 0 Å². The monoisotopic (exact) mass is 295 g/mol. The van der Waals surface area contributed by atoms with Gasteiger partial charge in [-0.1, -0.05) is 0 Å². The third kappa shape index (κ3) is 3.44. The molecule has 0 aliphatic carbocycles. The highest BCUT2D eigenvalue weighted by atomic mass is 35.5. The number of aromatic nitrogens is 2. The number of halogens is 1. The van der Waals surface area contributed by atoms with Crippen LogP contribution in [0.4, 0.5) is 0 Å². The number of nitrogens with one attached hydrogen (secondary N) is 1. The Balaban J connectivity index is 2.74. The van der Waals surface area contributed by atoms with Gasteiger partial charge in [-0.2, -0.15) is 0 Å². The van der Waals surface area contributed by atoms with E-state index in [9.17, 15) is 13.2 Å². The molecular weight excluding hydrogens is 282 g/mol. The van der Waals surface area contributed by atoms with Gasteiger partial charge in [-0.05, 0) is 6.92 Å². The molecule has 18 heavy (non-hydrogen) atoms. The molecule has 0 aromatic carbocycles. The van der Waals surface area contributed by atoms with Gasteiger partial charge in [-0.25, -0.2) is 18.1 Å². The van der Waals surface area contributed by atoms with E-state index < -0.39 is 21.4 Å². The zero-order chi connectivity index (χ0) is 13.9. The summed E-state index contributed by atoms with van der Waals surface area (Å²) in [6.45, 7) is 1.42. The van der Waals surface area contributed by atoms with Gasteiger partial charge in [-0.15, -0.1) is 11.6 Å². The largest absolute Gasteiger partial charge is 0.468 e. The minimum atomic E-state index is -3.77. The van der Waals surface area contributed by atoms with Gasteiger partial charge in [0.1, 0.15) is 11.2 Å². The summed E-state index contributed by atoms with van der Waals surface area (Å²) < 4.78 is 31.8. The van der Waals surface area contributed by atoms with Gasteiger partial charge in [0.25, 0.3) is 10.0 Å². The minimum Gasteiger partial charge on any atom is -0.468 e. The predicted octanol–water partition coefficient (Wildman–Crippen LogP) is -0.213. The number of rotatable bonds is 5.